The molecule has 0 heterocycles. The second-order valence-corrected chi connectivity index (χ2v) is 4.18. The van der Waals surface area contributed by atoms with Gasteiger partial charge in [0.25, 0.3) is 0 Å². The van der Waals surface area contributed by atoms with Gasteiger partial charge in [0.15, 0.2) is 0 Å². The smallest absolute Gasteiger partial charge is 0.147 e. The first kappa shape index (κ1) is 7.25. The molecule has 0 saturated heterocycles. The molecule has 2 unspecified atom stereocenters. The van der Waals surface area contributed by atoms with E-state index in [9.17, 15) is 9.59 Å². The SMILES string of the molecule is O=C1CC=CC12CC21C=CCC1=O. The van der Waals surface area contributed by atoms with Gasteiger partial charge in [-0.2, -0.15) is 0 Å². The highest BCUT2D eigenvalue weighted by Crippen LogP contribution is 2.70. The molecule has 1 saturated carbocycles. The fraction of sp³-hybridized carbons (Fsp3) is 0.455. The number of carbonyl (C=O) groups excluding carboxylic acids is 2. The molecule has 1 fully saturated rings. The lowest BCUT2D eigenvalue weighted by atomic mass is 9.90. The van der Waals surface area contributed by atoms with Crippen LogP contribution in [-0.2, 0) is 9.59 Å². The highest BCUT2D eigenvalue weighted by Gasteiger charge is 2.73. The number of hydrogen-bond acceptors (Lipinski definition) is 2. The van der Waals surface area contributed by atoms with Crippen LogP contribution in [0.1, 0.15) is 19.3 Å². The molecule has 2 atom stereocenters. The van der Waals surface area contributed by atoms with Crippen molar-refractivity contribution < 1.29 is 9.59 Å². The summed E-state index contributed by atoms with van der Waals surface area (Å²) < 4.78 is 0. The Morgan fingerprint density at radius 1 is 0.923 bits per heavy atom. The normalized spacial score (nSPS) is 45.8. The Balaban J connectivity index is 2.08. The van der Waals surface area contributed by atoms with Crippen molar-refractivity contribution in [3.63, 3.8) is 0 Å². The zero-order valence-corrected chi connectivity index (χ0v) is 7.25. The molecule has 0 amide bonds. The van der Waals surface area contributed by atoms with Gasteiger partial charge in [-0.25, -0.2) is 0 Å². The van der Waals surface area contributed by atoms with Gasteiger partial charge >= 0.3 is 0 Å². The first-order valence-corrected chi connectivity index (χ1v) is 4.63. The quantitative estimate of drug-likeness (QED) is 0.520. The molecule has 3 aliphatic carbocycles. The lowest BCUT2D eigenvalue weighted by molar-refractivity contribution is -0.127. The van der Waals surface area contributed by atoms with Crippen LogP contribution in [0.4, 0.5) is 0 Å². The monoisotopic (exact) mass is 174 g/mol. The van der Waals surface area contributed by atoms with E-state index in [1.165, 1.54) is 0 Å². The standard InChI is InChI=1S/C11H10O2/c12-8-3-1-5-10(8)7-11(10)6-2-4-9(11)13/h1-2,5-6H,3-4,7H2. The fourth-order valence-corrected chi connectivity index (χ4v) is 2.79. The minimum absolute atomic E-state index is 0.229. The van der Waals surface area contributed by atoms with Crippen molar-refractivity contribution in [2.24, 2.45) is 10.8 Å². The molecule has 13 heavy (non-hydrogen) atoms. The van der Waals surface area contributed by atoms with Gasteiger partial charge in [0.2, 0.25) is 0 Å². The average Bonchev–Trinajstić information content (AvgIpc) is 2.35. The summed E-state index contributed by atoms with van der Waals surface area (Å²) in [5.41, 5.74) is -0.811. The Labute approximate surface area is 76.3 Å². The molecule has 3 rings (SSSR count). The highest BCUT2D eigenvalue weighted by atomic mass is 16.1. The lowest BCUT2D eigenvalue weighted by Crippen LogP contribution is -2.21. The maximum Gasteiger partial charge on any atom is 0.147 e. The van der Waals surface area contributed by atoms with Crippen LogP contribution in [0.3, 0.4) is 0 Å². The van der Waals surface area contributed by atoms with E-state index in [2.05, 4.69) is 0 Å². The Morgan fingerprint density at radius 2 is 1.38 bits per heavy atom. The molecule has 0 bridgehead atoms. The third-order valence-corrected chi connectivity index (χ3v) is 3.64. The minimum atomic E-state index is -0.406. The van der Waals surface area contributed by atoms with Crippen LogP contribution in [0, 0.1) is 10.8 Å². The van der Waals surface area contributed by atoms with Crippen LogP contribution in [0.15, 0.2) is 24.3 Å². The van der Waals surface area contributed by atoms with Crippen molar-refractivity contribution in [2.75, 3.05) is 0 Å². The van der Waals surface area contributed by atoms with Crippen molar-refractivity contribution in [1.82, 2.24) is 0 Å². The topological polar surface area (TPSA) is 34.1 Å². The molecule has 0 aromatic heterocycles. The predicted octanol–water partition coefficient (Wildman–Crippen LogP) is 1.42. The second-order valence-electron chi connectivity index (χ2n) is 4.18. The summed E-state index contributed by atoms with van der Waals surface area (Å²) in [5.74, 6) is 0.458. The number of carbonyl (C=O) groups is 2. The largest absolute Gasteiger partial charge is 0.298 e. The van der Waals surface area contributed by atoms with Gasteiger partial charge in [0.1, 0.15) is 11.6 Å². The highest BCUT2D eigenvalue weighted by molar-refractivity contribution is 6.07. The van der Waals surface area contributed by atoms with E-state index in [0.717, 1.165) is 6.42 Å². The number of rotatable bonds is 0. The third kappa shape index (κ3) is 0.588. The van der Waals surface area contributed by atoms with Crippen LogP contribution < -0.4 is 0 Å². The lowest BCUT2D eigenvalue weighted by Gasteiger charge is -2.10. The molecule has 0 aromatic carbocycles. The molecule has 2 heteroatoms. The predicted molar refractivity (Wildman–Crippen MR) is 47.0 cm³/mol. The number of hydrogen-bond donors (Lipinski definition) is 0. The van der Waals surface area contributed by atoms with Gasteiger partial charge in [0, 0.05) is 12.8 Å². The summed E-state index contributed by atoms with van der Waals surface area (Å²) >= 11 is 0. The van der Waals surface area contributed by atoms with Crippen molar-refractivity contribution in [2.45, 2.75) is 19.3 Å². The van der Waals surface area contributed by atoms with E-state index in [-0.39, 0.29) is 11.6 Å². The molecule has 3 aliphatic rings. The molecular weight excluding hydrogens is 164 g/mol. The minimum Gasteiger partial charge on any atom is -0.298 e. The number of allylic oxidation sites excluding steroid dienone is 4. The van der Waals surface area contributed by atoms with E-state index >= 15 is 0 Å². The van der Waals surface area contributed by atoms with Crippen LogP contribution in [0.2, 0.25) is 0 Å². The Hall–Kier alpha value is -1.18. The van der Waals surface area contributed by atoms with Crippen LogP contribution in [-0.4, -0.2) is 11.6 Å². The van der Waals surface area contributed by atoms with E-state index in [0.29, 0.717) is 12.8 Å². The van der Waals surface area contributed by atoms with Crippen molar-refractivity contribution in [3.05, 3.63) is 24.3 Å². The number of fused-ring (bicyclic) bond motifs is 1. The van der Waals surface area contributed by atoms with Crippen LogP contribution in [0.25, 0.3) is 0 Å². The van der Waals surface area contributed by atoms with Gasteiger partial charge in [0.05, 0.1) is 10.8 Å². The summed E-state index contributed by atoms with van der Waals surface area (Å²) in [6.07, 6.45) is 9.45. The molecule has 2 spiro atoms. The molecule has 0 N–H and O–H groups in total. The zero-order chi connectivity index (χ0) is 9.10. The molecule has 0 radical (unpaired) electrons. The number of ketones is 2. The van der Waals surface area contributed by atoms with E-state index < -0.39 is 10.8 Å². The van der Waals surface area contributed by atoms with Gasteiger partial charge < -0.3 is 0 Å². The molecule has 0 aromatic rings. The Morgan fingerprint density at radius 3 is 1.69 bits per heavy atom. The van der Waals surface area contributed by atoms with E-state index in [1.807, 2.05) is 24.3 Å². The summed E-state index contributed by atoms with van der Waals surface area (Å²) in [4.78, 5) is 23.2. The first-order chi connectivity index (χ1) is 6.21. The summed E-state index contributed by atoms with van der Waals surface area (Å²) in [6.45, 7) is 0. The molecule has 0 aliphatic heterocycles. The fourth-order valence-electron chi connectivity index (χ4n) is 2.79. The van der Waals surface area contributed by atoms with E-state index in [4.69, 9.17) is 0 Å². The van der Waals surface area contributed by atoms with Gasteiger partial charge in [-0.1, -0.05) is 24.3 Å². The summed E-state index contributed by atoms with van der Waals surface area (Å²) in [7, 11) is 0. The maximum atomic E-state index is 11.6. The molecule has 66 valence electrons. The molecular formula is C11H10O2. The maximum absolute atomic E-state index is 11.6. The average molecular weight is 174 g/mol. The summed E-state index contributed by atoms with van der Waals surface area (Å²) in [5, 5.41) is 0. The first-order valence-electron chi connectivity index (χ1n) is 4.63. The Bertz CT molecular complexity index is 342. The van der Waals surface area contributed by atoms with Crippen LogP contribution >= 0.6 is 0 Å². The van der Waals surface area contributed by atoms with Crippen molar-refractivity contribution >= 4 is 11.6 Å². The number of Topliss-reactive ketones (excluding diaryl/α,β-unsaturated/α-hetero) is 2. The van der Waals surface area contributed by atoms with Gasteiger partial charge in [-0.15, -0.1) is 0 Å². The second kappa shape index (κ2) is 1.84. The molecule has 2 nitrogen and oxygen atoms in total. The van der Waals surface area contributed by atoms with Gasteiger partial charge in [-0.05, 0) is 6.42 Å². The van der Waals surface area contributed by atoms with Crippen molar-refractivity contribution in [3.8, 4) is 0 Å². The van der Waals surface area contributed by atoms with Crippen molar-refractivity contribution in [1.29, 1.82) is 0 Å². The Kier molecular flexibility index (Phi) is 1.02. The van der Waals surface area contributed by atoms with Crippen LogP contribution in [0.5, 0.6) is 0 Å². The van der Waals surface area contributed by atoms with Gasteiger partial charge in [-0.3, -0.25) is 9.59 Å². The third-order valence-electron chi connectivity index (χ3n) is 3.64. The van der Waals surface area contributed by atoms with E-state index in [1.54, 1.807) is 0 Å². The summed E-state index contributed by atoms with van der Waals surface area (Å²) in [6, 6.07) is 0. The zero-order valence-electron chi connectivity index (χ0n) is 7.25.